The fourth-order valence-electron chi connectivity index (χ4n) is 5.09. The lowest BCUT2D eigenvalue weighted by molar-refractivity contribution is -0.133. The molecule has 3 heterocycles. The van der Waals surface area contributed by atoms with Crippen LogP contribution in [0.2, 0.25) is 10.0 Å². The molecule has 2 saturated heterocycles. The quantitative estimate of drug-likeness (QED) is 0.540. The zero-order chi connectivity index (χ0) is 21.2. The number of anilines is 1. The fraction of sp³-hybridized carbons (Fsp3) is 0.550. The summed E-state index contributed by atoms with van der Waals surface area (Å²) in [5.74, 6) is -0.782. The number of halogens is 3. The zero-order valence-corrected chi connectivity index (χ0v) is 17.7. The van der Waals surface area contributed by atoms with Gasteiger partial charge in [-0.1, -0.05) is 23.2 Å². The summed E-state index contributed by atoms with van der Waals surface area (Å²) in [6.45, 7) is 1.55. The van der Waals surface area contributed by atoms with Gasteiger partial charge in [-0.2, -0.15) is 0 Å². The Morgan fingerprint density at radius 2 is 2.03 bits per heavy atom. The van der Waals surface area contributed by atoms with Gasteiger partial charge in [0.1, 0.15) is 11.4 Å². The summed E-state index contributed by atoms with van der Waals surface area (Å²) in [7, 11) is 0. The summed E-state index contributed by atoms with van der Waals surface area (Å²) in [5, 5.41) is 5.19. The van der Waals surface area contributed by atoms with E-state index in [1.165, 1.54) is 0 Å². The third-order valence-electron chi connectivity index (χ3n) is 6.80. The molecule has 3 fully saturated rings. The van der Waals surface area contributed by atoms with Gasteiger partial charge < -0.3 is 15.1 Å². The highest BCUT2D eigenvalue weighted by atomic mass is 35.5. The summed E-state index contributed by atoms with van der Waals surface area (Å²) in [4.78, 5) is 40.8. The molecule has 0 bridgehead atoms. The first-order valence-electron chi connectivity index (χ1n) is 10.1. The predicted octanol–water partition coefficient (Wildman–Crippen LogP) is 2.47. The minimum atomic E-state index is -0.964. The number of hydrogen-bond acceptors (Lipinski definition) is 4. The third-order valence-corrected chi connectivity index (χ3v) is 7.57. The van der Waals surface area contributed by atoms with Gasteiger partial charge in [0.25, 0.3) is 5.91 Å². The molecule has 0 radical (unpaired) electrons. The number of rotatable bonds is 4. The Morgan fingerprint density at radius 1 is 1.27 bits per heavy atom. The van der Waals surface area contributed by atoms with E-state index < -0.39 is 17.4 Å². The first-order chi connectivity index (χ1) is 14.3. The van der Waals surface area contributed by atoms with Gasteiger partial charge in [0.2, 0.25) is 5.91 Å². The molecule has 0 aromatic heterocycles. The largest absolute Gasteiger partial charge is 0.364 e. The summed E-state index contributed by atoms with van der Waals surface area (Å²) in [6, 6.07) is 1.17. The molecule has 160 valence electrons. The summed E-state index contributed by atoms with van der Waals surface area (Å²) >= 11 is 12.0. The number of carbonyl (C=O) groups is 3. The number of benzene rings is 1. The van der Waals surface area contributed by atoms with Crippen LogP contribution in [0.3, 0.4) is 0 Å². The van der Waals surface area contributed by atoms with Gasteiger partial charge in [-0.15, -0.1) is 0 Å². The predicted molar refractivity (Wildman–Crippen MR) is 109 cm³/mol. The number of nitrogens with zero attached hydrogens (tertiary/aromatic N) is 2. The van der Waals surface area contributed by atoms with Crippen LogP contribution in [-0.4, -0.2) is 54.0 Å². The maximum absolute atomic E-state index is 14.5. The first kappa shape index (κ1) is 19.9. The van der Waals surface area contributed by atoms with Crippen molar-refractivity contribution in [2.24, 2.45) is 5.92 Å². The molecule has 1 saturated carbocycles. The highest BCUT2D eigenvalue weighted by molar-refractivity contribution is 6.42. The van der Waals surface area contributed by atoms with Crippen molar-refractivity contribution in [2.45, 2.75) is 43.7 Å². The molecule has 1 aromatic carbocycles. The molecule has 3 aliphatic heterocycles. The summed E-state index contributed by atoms with van der Waals surface area (Å²) < 4.78 is 14.5. The number of urea groups is 1. The molecule has 7 nitrogen and oxygen atoms in total. The molecule has 4 aliphatic rings. The average Bonchev–Trinajstić information content (AvgIpc) is 3.45. The second-order valence-electron chi connectivity index (χ2n) is 8.53. The second-order valence-corrected chi connectivity index (χ2v) is 9.31. The average molecular weight is 455 g/mol. The third kappa shape index (κ3) is 3.03. The highest BCUT2D eigenvalue weighted by Gasteiger charge is 2.55. The number of hydrogen-bond donors (Lipinski definition) is 2. The molecule has 1 unspecified atom stereocenters. The lowest BCUT2D eigenvalue weighted by Crippen LogP contribution is -2.54. The number of amides is 4. The minimum Gasteiger partial charge on any atom is -0.364 e. The molecule has 0 spiro atoms. The van der Waals surface area contributed by atoms with Gasteiger partial charge in [0, 0.05) is 37.3 Å². The minimum absolute atomic E-state index is 0.0337. The van der Waals surface area contributed by atoms with E-state index in [9.17, 15) is 18.8 Å². The Morgan fingerprint density at radius 3 is 2.70 bits per heavy atom. The SMILES string of the molecule is O=C1NC(=O)[C@](CCC(=O)N2CCN3c4cc(Cl)c(Cl)c(F)c4CC3C2)(C2CC2)N1. The van der Waals surface area contributed by atoms with Gasteiger partial charge in [-0.25, -0.2) is 9.18 Å². The molecule has 30 heavy (non-hydrogen) atoms. The normalized spacial score (nSPS) is 27.6. The van der Waals surface area contributed by atoms with Crippen molar-refractivity contribution in [1.29, 1.82) is 0 Å². The molecule has 4 amide bonds. The Labute approximate surface area is 182 Å². The topological polar surface area (TPSA) is 81.8 Å². The van der Waals surface area contributed by atoms with Crippen molar-refractivity contribution in [3.63, 3.8) is 0 Å². The molecular weight excluding hydrogens is 434 g/mol. The van der Waals surface area contributed by atoms with E-state index in [0.717, 1.165) is 18.5 Å². The van der Waals surface area contributed by atoms with Crippen molar-refractivity contribution in [2.75, 3.05) is 24.5 Å². The van der Waals surface area contributed by atoms with E-state index >= 15 is 0 Å². The lowest BCUT2D eigenvalue weighted by Gasteiger charge is -2.39. The van der Waals surface area contributed by atoms with E-state index in [-0.39, 0.29) is 40.2 Å². The van der Waals surface area contributed by atoms with Crippen molar-refractivity contribution in [3.8, 4) is 0 Å². The number of fused-ring (bicyclic) bond motifs is 3. The Bertz CT molecular complexity index is 970. The number of carbonyl (C=O) groups excluding carboxylic acids is 3. The van der Waals surface area contributed by atoms with Crippen LogP contribution >= 0.6 is 23.2 Å². The van der Waals surface area contributed by atoms with Crippen LogP contribution in [0.1, 0.15) is 31.2 Å². The monoisotopic (exact) mass is 454 g/mol. The highest BCUT2D eigenvalue weighted by Crippen LogP contribution is 2.44. The van der Waals surface area contributed by atoms with Crippen molar-refractivity contribution in [3.05, 3.63) is 27.5 Å². The summed E-state index contributed by atoms with van der Waals surface area (Å²) in [6.07, 6.45) is 2.68. The number of nitrogens with one attached hydrogen (secondary N) is 2. The van der Waals surface area contributed by atoms with E-state index in [1.54, 1.807) is 11.0 Å². The molecule has 2 N–H and O–H groups in total. The summed E-state index contributed by atoms with van der Waals surface area (Å²) in [5.41, 5.74) is 0.327. The second kappa shape index (κ2) is 6.99. The molecule has 1 aliphatic carbocycles. The lowest BCUT2D eigenvalue weighted by atomic mass is 9.87. The van der Waals surface area contributed by atoms with Crippen molar-refractivity contribution in [1.82, 2.24) is 15.5 Å². The van der Waals surface area contributed by atoms with Gasteiger partial charge in [-0.3, -0.25) is 14.9 Å². The van der Waals surface area contributed by atoms with Gasteiger partial charge in [0.15, 0.2) is 0 Å². The maximum Gasteiger partial charge on any atom is 0.322 e. The Kier molecular flexibility index (Phi) is 4.63. The van der Waals surface area contributed by atoms with Crippen LogP contribution in [0, 0.1) is 11.7 Å². The zero-order valence-electron chi connectivity index (χ0n) is 16.1. The van der Waals surface area contributed by atoms with E-state index in [4.69, 9.17) is 23.2 Å². The molecule has 5 rings (SSSR count). The number of imide groups is 1. The molecule has 10 heteroatoms. The van der Waals surface area contributed by atoms with Crippen LogP contribution in [0.25, 0.3) is 0 Å². The molecule has 2 atom stereocenters. The van der Waals surface area contributed by atoms with Gasteiger partial charge in [-0.05, 0) is 37.7 Å². The van der Waals surface area contributed by atoms with Gasteiger partial charge in [0.05, 0.1) is 16.1 Å². The van der Waals surface area contributed by atoms with Crippen LogP contribution < -0.4 is 15.5 Å². The maximum atomic E-state index is 14.5. The van der Waals surface area contributed by atoms with Crippen LogP contribution in [0.4, 0.5) is 14.9 Å². The van der Waals surface area contributed by atoms with E-state index in [2.05, 4.69) is 15.5 Å². The van der Waals surface area contributed by atoms with E-state index in [0.29, 0.717) is 38.0 Å². The molecule has 1 aromatic rings. The Hall–Kier alpha value is -2.06. The Balaban J connectivity index is 1.26. The van der Waals surface area contributed by atoms with Crippen LogP contribution in [0.15, 0.2) is 6.07 Å². The standard InChI is InChI=1S/C20H21Cl2FN4O3/c21-13-8-14-12(17(23)16(13)22)7-11-9-26(5-6-27(11)14)15(28)3-4-20(10-1-2-10)18(29)24-19(30)25-20/h8,10-11H,1-7,9H2,(H2,24,25,29,30)/t11?,20-/m0/s1. The van der Waals surface area contributed by atoms with Gasteiger partial charge >= 0.3 is 6.03 Å². The van der Waals surface area contributed by atoms with Crippen molar-refractivity contribution < 1.29 is 18.8 Å². The van der Waals surface area contributed by atoms with E-state index in [1.807, 2.05) is 0 Å². The van der Waals surface area contributed by atoms with Crippen LogP contribution in [-0.2, 0) is 16.0 Å². The molecular formula is C20H21Cl2FN4O3. The first-order valence-corrected chi connectivity index (χ1v) is 10.9. The van der Waals surface area contributed by atoms with Crippen molar-refractivity contribution >= 4 is 46.7 Å². The van der Waals surface area contributed by atoms with Crippen LogP contribution in [0.5, 0.6) is 0 Å². The number of piperazine rings is 1. The fourth-order valence-corrected chi connectivity index (χ4v) is 5.45. The smallest absolute Gasteiger partial charge is 0.322 e.